The molecule has 0 radical (unpaired) electrons. The highest BCUT2D eigenvalue weighted by atomic mass is 35.5. The van der Waals surface area contributed by atoms with Crippen molar-refractivity contribution in [3.8, 4) is 0 Å². The molecule has 0 atom stereocenters. The molecule has 1 fully saturated rings. The van der Waals surface area contributed by atoms with Gasteiger partial charge in [0.15, 0.2) is 0 Å². The van der Waals surface area contributed by atoms with E-state index >= 15 is 0 Å². The molecular weight excluding hydrogens is 438 g/mol. The molecule has 1 N–H and O–H groups in total. The molecule has 2 aliphatic heterocycles. The first-order chi connectivity index (χ1) is 15.6. The Balaban J connectivity index is 1.28. The van der Waals surface area contributed by atoms with Crippen molar-refractivity contribution in [2.75, 3.05) is 31.5 Å². The molecule has 0 saturated carbocycles. The van der Waals surface area contributed by atoms with Crippen molar-refractivity contribution in [2.45, 2.75) is 16.3 Å². The van der Waals surface area contributed by atoms with Gasteiger partial charge in [-0.05, 0) is 42.0 Å². The smallest absolute Gasteiger partial charge is 0.254 e. The number of nitrogens with zero attached hydrogens (tertiary/aromatic N) is 2. The number of carbonyl (C=O) groups is 1. The number of benzene rings is 3. The van der Waals surface area contributed by atoms with Crippen molar-refractivity contribution in [1.82, 2.24) is 9.80 Å². The van der Waals surface area contributed by atoms with Crippen molar-refractivity contribution >= 4 is 40.7 Å². The zero-order chi connectivity index (χ0) is 22.1. The van der Waals surface area contributed by atoms with E-state index in [1.807, 2.05) is 47.4 Å². The summed E-state index contributed by atoms with van der Waals surface area (Å²) in [6.07, 6.45) is 0. The summed E-state index contributed by atoms with van der Waals surface area (Å²) < 4.78 is 0. The minimum Gasteiger partial charge on any atom is -0.355 e. The zero-order valence-electron chi connectivity index (χ0n) is 17.7. The summed E-state index contributed by atoms with van der Waals surface area (Å²) in [7, 11) is 0. The van der Waals surface area contributed by atoms with E-state index in [1.54, 1.807) is 11.8 Å². The second-order valence-corrected chi connectivity index (χ2v) is 9.63. The van der Waals surface area contributed by atoms with Gasteiger partial charge in [0, 0.05) is 64.4 Å². The highest BCUT2D eigenvalue weighted by Crippen LogP contribution is 2.42. The standard InChI is InChI=1S/C26H24ClN3OS/c1-18-22-16-21(27)8-10-24(22)32-25-9-7-20(15-23(25)28-18)26(31)30-13-11-29(12-14-30)17-19-5-3-2-4-6-19/h2-10,15-16,28H,1,11-14,17H2. The number of amides is 1. The first-order valence-corrected chi connectivity index (χ1v) is 11.9. The summed E-state index contributed by atoms with van der Waals surface area (Å²) >= 11 is 7.84. The Hall–Kier alpha value is -2.73. The van der Waals surface area contributed by atoms with Gasteiger partial charge in [-0.25, -0.2) is 0 Å². The Morgan fingerprint density at radius 3 is 2.50 bits per heavy atom. The van der Waals surface area contributed by atoms with E-state index in [1.165, 1.54) is 5.56 Å². The van der Waals surface area contributed by atoms with Crippen LogP contribution < -0.4 is 5.32 Å². The number of anilines is 1. The maximum absolute atomic E-state index is 13.2. The van der Waals surface area contributed by atoms with Crippen LogP contribution in [-0.4, -0.2) is 41.9 Å². The third-order valence-electron chi connectivity index (χ3n) is 5.91. The molecule has 0 bridgehead atoms. The van der Waals surface area contributed by atoms with Gasteiger partial charge in [0.2, 0.25) is 0 Å². The average Bonchev–Trinajstić information content (AvgIpc) is 2.95. The van der Waals surface area contributed by atoms with Crippen LogP contribution in [0.3, 0.4) is 0 Å². The molecule has 1 amide bonds. The Labute approximate surface area is 197 Å². The Kier molecular flexibility index (Phi) is 5.96. The van der Waals surface area contributed by atoms with Gasteiger partial charge in [-0.15, -0.1) is 0 Å². The van der Waals surface area contributed by atoms with E-state index in [9.17, 15) is 4.79 Å². The molecule has 4 nitrogen and oxygen atoms in total. The van der Waals surface area contributed by atoms with Gasteiger partial charge in [0.25, 0.3) is 5.91 Å². The van der Waals surface area contributed by atoms with E-state index in [4.69, 9.17) is 11.6 Å². The largest absolute Gasteiger partial charge is 0.355 e. The van der Waals surface area contributed by atoms with Gasteiger partial charge in [-0.3, -0.25) is 9.69 Å². The number of carbonyl (C=O) groups excluding carboxylic acids is 1. The molecule has 1 saturated heterocycles. The molecule has 0 aromatic heterocycles. The molecule has 0 aliphatic carbocycles. The fraction of sp³-hybridized carbons (Fsp3) is 0.192. The van der Waals surface area contributed by atoms with Crippen LogP contribution >= 0.6 is 23.4 Å². The summed E-state index contributed by atoms with van der Waals surface area (Å²) in [4.78, 5) is 19.7. The lowest BCUT2D eigenvalue weighted by Gasteiger charge is -2.35. The van der Waals surface area contributed by atoms with Crippen molar-refractivity contribution in [3.05, 3.63) is 95.0 Å². The average molecular weight is 462 g/mol. The minimum atomic E-state index is 0.0781. The van der Waals surface area contributed by atoms with E-state index < -0.39 is 0 Å². The van der Waals surface area contributed by atoms with Crippen LogP contribution in [0, 0.1) is 0 Å². The van der Waals surface area contributed by atoms with Crippen molar-refractivity contribution in [3.63, 3.8) is 0 Å². The molecule has 6 heteroatoms. The minimum absolute atomic E-state index is 0.0781. The van der Waals surface area contributed by atoms with E-state index in [0.29, 0.717) is 10.6 Å². The first-order valence-electron chi connectivity index (χ1n) is 10.7. The SMILES string of the molecule is C=C1Nc2cc(C(=O)N3CCN(Cc4ccccc4)CC3)ccc2Sc2ccc(Cl)cc21. The van der Waals surface area contributed by atoms with E-state index in [2.05, 4.69) is 41.1 Å². The molecule has 2 heterocycles. The maximum Gasteiger partial charge on any atom is 0.254 e. The second-order valence-electron chi connectivity index (χ2n) is 8.11. The van der Waals surface area contributed by atoms with Crippen LogP contribution in [0.25, 0.3) is 5.70 Å². The molecule has 2 aliphatic rings. The summed E-state index contributed by atoms with van der Waals surface area (Å²) in [5.74, 6) is 0.0781. The molecule has 0 unspecified atom stereocenters. The number of hydrogen-bond donors (Lipinski definition) is 1. The van der Waals surface area contributed by atoms with E-state index in [0.717, 1.165) is 59.5 Å². The van der Waals surface area contributed by atoms with Crippen LogP contribution in [0.15, 0.2) is 83.1 Å². The third kappa shape index (κ3) is 4.42. The Morgan fingerprint density at radius 2 is 1.72 bits per heavy atom. The molecule has 0 spiro atoms. The number of rotatable bonds is 3. The number of piperazine rings is 1. The first kappa shape index (κ1) is 21.1. The maximum atomic E-state index is 13.2. The van der Waals surface area contributed by atoms with Gasteiger partial charge < -0.3 is 10.2 Å². The monoisotopic (exact) mass is 461 g/mol. The normalized spacial score (nSPS) is 16.0. The molecule has 3 aromatic carbocycles. The van der Waals surface area contributed by atoms with Gasteiger partial charge in [-0.2, -0.15) is 0 Å². The third-order valence-corrected chi connectivity index (χ3v) is 7.29. The molecular formula is C26H24ClN3OS. The van der Waals surface area contributed by atoms with Crippen LogP contribution in [0.4, 0.5) is 5.69 Å². The Bertz CT molecular complexity index is 1170. The fourth-order valence-electron chi connectivity index (χ4n) is 4.16. The van der Waals surface area contributed by atoms with Crippen molar-refractivity contribution in [1.29, 1.82) is 0 Å². The van der Waals surface area contributed by atoms with Crippen LogP contribution in [-0.2, 0) is 6.54 Å². The topological polar surface area (TPSA) is 35.6 Å². The highest BCUT2D eigenvalue weighted by molar-refractivity contribution is 7.99. The molecule has 32 heavy (non-hydrogen) atoms. The predicted molar refractivity (Wildman–Crippen MR) is 132 cm³/mol. The van der Waals surface area contributed by atoms with Crippen molar-refractivity contribution in [2.24, 2.45) is 0 Å². The fourth-order valence-corrected chi connectivity index (χ4v) is 5.35. The molecule has 5 rings (SSSR count). The quantitative estimate of drug-likeness (QED) is 0.531. The Morgan fingerprint density at radius 1 is 0.969 bits per heavy atom. The zero-order valence-corrected chi connectivity index (χ0v) is 19.3. The lowest BCUT2D eigenvalue weighted by atomic mass is 10.1. The molecule has 162 valence electrons. The lowest BCUT2D eigenvalue weighted by Crippen LogP contribution is -2.48. The lowest BCUT2D eigenvalue weighted by molar-refractivity contribution is 0.0628. The van der Waals surface area contributed by atoms with Crippen LogP contribution in [0.2, 0.25) is 5.02 Å². The number of nitrogens with one attached hydrogen (secondary N) is 1. The van der Waals surface area contributed by atoms with Crippen molar-refractivity contribution < 1.29 is 4.79 Å². The van der Waals surface area contributed by atoms with Gasteiger partial charge >= 0.3 is 0 Å². The van der Waals surface area contributed by atoms with Gasteiger partial charge in [0.1, 0.15) is 0 Å². The second kappa shape index (κ2) is 9.02. The molecule has 3 aromatic rings. The van der Waals surface area contributed by atoms with E-state index in [-0.39, 0.29) is 5.91 Å². The highest BCUT2D eigenvalue weighted by Gasteiger charge is 2.24. The summed E-state index contributed by atoms with van der Waals surface area (Å²) in [5.41, 5.74) is 4.68. The summed E-state index contributed by atoms with van der Waals surface area (Å²) in [5, 5.41) is 4.07. The van der Waals surface area contributed by atoms with Gasteiger partial charge in [-0.1, -0.05) is 60.3 Å². The van der Waals surface area contributed by atoms with Crippen LogP contribution in [0.1, 0.15) is 21.5 Å². The van der Waals surface area contributed by atoms with Gasteiger partial charge in [0.05, 0.1) is 5.69 Å². The summed E-state index contributed by atoms with van der Waals surface area (Å²) in [6.45, 7) is 8.34. The number of fused-ring (bicyclic) bond motifs is 2. The number of hydrogen-bond acceptors (Lipinski definition) is 4. The number of halogens is 1. The summed E-state index contributed by atoms with van der Waals surface area (Å²) in [6, 6.07) is 22.2. The predicted octanol–water partition coefficient (Wildman–Crippen LogP) is 5.85. The van der Waals surface area contributed by atoms with Crippen LogP contribution in [0.5, 0.6) is 0 Å².